The number of carbonyl (C=O) groups excluding carboxylic acids is 1. The van der Waals surface area contributed by atoms with Gasteiger partial charge in [0, 0.05) is 37.3 Å². The summed E-state index contributed by atoms with van der Waals surface area (Å²) < 4.78 is 0. The summed E-state index contributed by atoms with van der Waals surface area (Å²) in [4.78, 5) is 17.5. The van der Waals surface area contributed by atoms with Crippen LogP contribution >= 0.6 is 0 Å². The second kappa shape index (κ2) is 6.27. The number of terminal acetylenes is 1. The van der Waals surface area contributed by atoms with Crippen molar-refractivity contribution in [2.24, 2.45) is 0 Å². The van der Waals surface area contributed by atoms with E-state index in [1.54, 1.807) is 0 Å². The Hall–Kier alpha value is -2.77. The van der Waals surface area contributed by atoms with Crippen LogP contribution in [0.4, 0.5) is 11.4 Å². The third kappa shape index (κ3) is 2.67. The maximum absolute atomic E-state index is 13.3. The number of benzene rings is 2. The molecule has 4 rings (SSSR count). The molecule has 1 saturated heterocycles. The fourth-order valence-corrected chi connectivity index (χ4v) is 3.90. The molecule has 2 aliphatic heterocycles. The number of piperidine rings is 1. The molecule has 1 spiro atoms. The van der Waals surface area contributed by atoms with Gasteiger partial charge < -0.3 is 5.32 Å². The number of amides is 1. The lowest BCUT2D eigenvalue weighted by molar-refractivity contribution is 0.0915. The molecule has 0 aliphatic carbocycles. The van der Waals surface area contributed by atoms with E-state index in [-0.39, 0.29) is 5.91 Å². The number of rotatable bonds is 2. The number of para-hydroxylation sites is 2. The summed E-state index contributed by atoms with van der Waals surface area (Å²) in [5.74, 6) is 2.78. The van der Waals surface area contributed by atoms with Gasteiger partial charge in [-0.15, -0.1) is 6.42 Å². The zero-order valence-electron chi connectivity index (χ0n) is 14.1. The summed E-state index contributed by atoms with van der Waals surface area (Å²) in [5, 5.41) is 3.68. The maximum atomic E-state index is 13.3. The lowest BCUT2D eigenvalue weighted by Crippen LogP contribution is -2.64. The van der Waals surface area contributed by atoms with Crippen molar-refractivity contribution < 1.29 is 4.79 Å². The van der Waals surface area contributed by atoms with Crippen molar-refractivity contribution >= 4 is 17.3 Å². The standard InChI is InChI=1S/C21H21N3O/c1-2-14-23-15-12-21(13-16-23)22-19-11-7-6-10-18(19)20(25)24(21)17-8-4-3-5-9-17/h1,3-11,22H,12-16H2. The van der Waals surface area contributed by atoms with Crippen LogP contribution in [0.2, 0.25) is 0 Å². The van der Waals surface area contributed by atoms with Crippen molar-refractivity contribution in [3.63, 3.8) is 0 Å². The highest BCUT2D eigenvalue weighted by molar-refractivity contribution is 6.12. The van der Waals surface area contributed by atoms with E-state index in [0.717, 1.165) is 42.9 Å². The van der Waals surface area contributed by atoms with E-state index in [1.165, 1.54) is 0 Å². The van der Waals surface area contributed by atoms with E-state index < -0.39 is 5.66 Å². The van der Waals surface area contributed by atoms with E-state index in [0.29, 0.717) is 6.54 Å². The first-order valence-corrected chi connectivity index (χ1v) is 8.66. The van der Waals surface area contributed by atoms with Crippen LogP contribution in [0.5, 0.6) is 0 Å². The molecule has 2 aromatic rings. The highest BCUT2D eigenvalue weighted by Gasteiger charge is 2.47. The van der Waals surface area contributed by atoms with Crippen molar-refractivity contribution in [2.45, 2.75) is 18.5 Å². The van der Waals surface area contributed by atoms with E-state index in [4.69, 9.17) is 6.42 Å². The summed E-state index contributed by atoms with van der Waals surface area (Å²) in [7, 11) is 0. The Kier molecular flexibility index (Phi) is 3.95. The Morgan fingerprint density at radius 2 is 1.72 bits per heavy atom. The zero-order valence-corrected chi connectivity index (χ0v) is 14.1. The fraction of sp³-hybridized carbons (Fsp3) is 0.286. The van der Waals surface area contributed by atoms with Gasteiger partial charge in [0.15, 0.2) is 0 Å². The van der Waals surface area contributed by atoms with E-state index >= 15 is 0 Å². The second-order valence-corrected chi connectivity index (χ2v) is 6.66. The second-order valence-electron chi connectivity index (χ2n) is 6.66. The molecule has 0 saturated carbocycles. The zero-order chi connectivity index (χ0) is 17.3. The van der Waals surface area contributed by atoms with Crippen LogP contribution < -0.4 is 10.2 Å². The van der Waals surface area contributed by atoms with Crippen LogP contribution in [0.1, 0.15) is 23.2 Å². The van der Waals surface area contributed by atoms with Gasteiger partial charge in [0.05, 0.1) is 12.1 Å². The number of anilines is 2. The number of hydrogen-bond donors (Lipinski definition) is 1. The Morgan fingerprint density at radius 1 is 1.04 bits per heavy atom. The first-order valence-electron chi connectivity index (χ1n) is 8.66. The predicted molar refractivity (Wildman–Crippen MR) is 101 cm³/mol. The molecule has 0 aromatic heterocycles. The number of nitrogens with zero attached hydrogens (tertiary/aromatic N) is 2. The molecule has 2 aliphatic rings. The first-order chi connectivity index (χ1) is 12.2. The van der Waals surface area contributed by atoms with Crippen LogP contribution in [-0.2, 0) is 0 Å². The summed E-state index contributed by atoms with van der Waals surface area (Å²) in [6.07, 6.45) is 7.14. The normalized spacial score (nSPS) is 19.2. The molecule has 0 bridgehead atoms. The molecule has 0 radical (unpaired) electrons. The van der Waals surface area contributed by atoms with Gasteiger partial charge >= 0.3 is 0 Å². The highest BCUT2D eigenvalue weighted by atomic mass is 16.2. The minimum atomic E-state index is -0.405. The third-order valence-electron chi connectivity index (χ3n) is 5.17. The molecule has 4 nitrogen and oxygen atoms in total. The molecule has 25 heavy (non-hydrogen) atoms. The number of nitrogens with one attached hydrogen (secondary N) is 1. The SMILES string of the molecule is C#CCN1CCC2(CC1)Nc1ccccc1C(=O)N2c1ccccc1. The molecular weight excluding hydrogens is 310 g/mol. The Balaban J connectivity index is 1.76. The van der Waals surface area contributed by atoms with Gasteiger partial charge in [0.25, 0.3) is 5.91 Å². The van der Waals surface area contributed by atoms with Gasteiger partial charge in [0.1, 0.15) is 5.66 Å². The summed E-state index contributed by atoms with van der Waals surface area (Å²) >= 11 is 0. The monoisotopic (exact) mass is 331 g/mol. The van der Waals surface area contributed by atoms with Crippen LogP contribution in [0.3, 0.4) is 0 Å². The maximum Gasteiger partial charge on any atom is 0.262 e. The average molecular weight is 331 g/mol. The lowest BCUT2D eigenvalue weighted by atomic mass is 9.89. The minimum absolute atomic E-state index is 0.0611. The summed E-state index contributed by atoms with van der Waals surface area (Å²) in [6, 6.07) is 17.7. The number of carbonyl (C=O) groups is 1. The topological polar surface area (TPSA) is 35.6 Å². The van der Waals surface area contributed by atoms with Crippen LogP contribution in [-0.4, -0.2) is 36.1 Å². The molecule has 2 heterocycles. The lowest BCUT2D eigenvalue weighted by Gasteiger charge is -2.52. The van der Waals surface area contributed by atoms with E-state index in [1.807, 2.05) is 59.5 Å². The van der Waals surface area contributed by atoms with Crippen LogP contribution in [0.15, 0.2) is 54.6 Å². The van der Waals surface area contributed by atoms with Gasteiger partial charge in [-0.1, -0.05) is 36.3 Å². The molecule has 0 atom stereocenters. The van der Waals surface area contributed by atoms with E-state index in [2.05, 4.69) is 16.1 Å². The first kappa shape index (κ1) is 15.7. The molecule has 1 N–H and O–H groups in total. The van der Waals surface area contributed by atoms with Gasteiger partial charge in [-0.25, -0.2) is 0 Å². The number of fused-ring (bicyclic) bond motifs is 1. The van der Waals surface area contributed by atoms with Crippen molar-refractivity contribution in [3.8, 4) is 12.3 Å². The Morgan fingerprint density at radius 3 is 2.44 bits per heavy atom. The molecule has 4 heteroatoms. The molecular formula is C21H21N3O. The van der Waals surface area contributed by atoms with Crippen molar-refractivity contribution in [1.82, 2.24) is 4.90 Å². The minimum Gasteiger partial charge on any atom is -0.362 e. The van der Waals surface area contributed by atoms with Gasteiger partial charge in [-0.3, -0.25) is 14.6 Å². The molecule has 126 valence electrons. The van der Waals surface area contributed by atoms with Gasteiger partial charge in [0.2, 0.25) is 0 Å². The van der Waals surface area contributed by atoms with Crippen molar-refractivity contribution in [1.29, 1.82) is 0 Å². The van der Waals surface area contributed by atoms with Crippen molar-refractivity contribution in [2.75, 3.05) is 29.9 Å². The third-order valence-corrected chi connectivity index (χ3v) is 5.17. The summed E-state index contributed by atoms with van der Waals surface area (Å²) in [6.45, 7) is 2.40. The van der Waals surface area contributed by atoms with E-state index in [9.17, 15) is 4.79 Å². The Labute approximate surface area is 148 Å². The number of hydrogen-bond acceptors (Lipinski definition) is 3. The molecule has 0 unspecified atom stereocenters. The van der Waals surface area contributed by atoms with Crippen LogP contribution in [0.25, 0.3) is 0 Å². The smallest absolute Gasteiger partial charge is 0.262 e. The molecule has 1 amide bonds. The van der Waals surface area contributed by atoms with Gasteiger partial charge in [-0.05, 0) is 24.3 Å². The fourth-order valence-electron chi connectivity index (χ4n) is 3.90. The Bertz CT molecular complexity index is 817. The average Bonchev–Trinajstić information content (AvgIpc) is 2.65. The van der Waals surface area contributed by atoms with Crippen LogP contribution in [0, 0.1) is 12.3 Å². The quantitative estimate of drug-likeness (QED) is 0.859. The molecule has 2 aromatic carbocycles. The largest absolute Gasteiger partial charge is 0.362 e. The van der Waals surface area contributed by atoms with Crippen molar-refractivity contribution in [3.05, 3.63) is 60.2 Å². The molecule has 1 fully saturated rings. The van der Waals surface area contributed by atoms with Gasteiger partial charge in [-0.2, -0.15) is 0 Å². The number of likely N-dealkylation sites (tertiary alicyclic amines) is 1. The highest BCUT2D eigenvalue weighted by Crippen LogP contribution is 2.40. The summed E-state index contributed by atoms with van der Waals surface area (Å²) in [5.41, 5.74) is 2.17. The predicted octanol–water partition coefficient (Wildman–Crippen LogP) is 3.18.